The first-order valence-electron chi connectivity index (χ1n) is 19.5. The maximum Gasteiger partial charge on any atom is 0.136 e. The minimum Gasteiger partial charge on any atom is -0.456 e. The van der Waals surface area contributed by atoms with Gasteiger partial charge >= 0.3 is 0 Å². The van der Waals surface area contributed by atoms with Gasteiger partial charge in [0.1, 0.15) is 11.2 Å². The van der Waals surface area contributed by atoms with Crippen molar-refractivity contribution < 1.29 is 15.4 Å². The molecule has 0 aliphatic heterocycles. The van der Waals surface area contributed by atoms with Crippen molar-refractivity contribution in [2.45, 2.75) is 0 Å². The summed E-state index contributed by atoms with van der Waals surface area (Å²) in [6.45, 7) is 0. The van der Waals surface area contributed by atoms with Crippen LogP contribution >= 0.6 is 0 Å². The molecule has 0 amide bonds. The Balaban J connectivity index is 1.39. The SMILES string of the molecule is [2H]c1c([2H])c([2H])c2c(-c3cccc4oc5ccccc5c34)c3c([2H])c([2H])c([2H])c([2H])c3c(-c3cccc(-c4cccc5c4ccc4ccccc45)c3)c2c1[2H]. The molecule has 0 radical (unpaired) electrons. The fourth-order valence-electron chi connectivity index (χ4n) is 7.30. The lowest BCUT2D eigenvalue weighted by molar-refractivity contribution is 0.669. The number of fused-ring (bicyclic) bond motifs is 8. The van der Waals surface area contributed by atoms with Gasteiger partial charge in [0.2, 0.25) is 0 Å². The highest BCUT2D eigenvalue weighted by Crippen LogP contribution is 2.47. The van der Waals surface area contributed by atoms with E-state index in [4.69, 9.17) is 9.90 Å². The Kier molecular flexibility index (Phi) is 4.19. The van der Waals surface area contributed by atoms with E-state index >= 15 is 0 Å². The molecule has 9 aromatic carbocycles. The Morgan fingerprint density at radius 3 is 1.79 bits per heavy atom. The van der Waals surface area contributed by atoms with E-state index in [2.05, 4.69) is 30.3 Å². The minimum absolute atomic E-state index is 0.165. The summed E-state index contributed by atoms with van der Waals surface area (Å²) in [5.74, 6) is 0. The predicted octanol–water partition coefficient (Wildman–Crippen LogP) is 13.2. The molecular weight excluding hydrogens is 569 g/mol. The Hall–Kier alpha value is -6.18. The summed E-state index contributed by atoms with van der Waals surface area (Å²) in [5, 5.41) is 6.50. The molecule has 0 spiro atoms. The number of hydrogen-bond donors (Lipinski definition) is 0. The van der Waals surface area contributed by atoms with Crippen LogP contribution in [0, 0.1) is 0 Å². The maximum absolute atomic E-state index is 9.44. The zero-order valence-corrected chi connectivity index (χ0v) is 25.0. The third-order valence-electron chi connectivity index (χ3n) is 9.30. The molecule has 1 heterocycles. The molecule has 0 saturated carbocycles. The first kappa shape index (κ1) is 19.4. The first-order chi connectivity index (χ1) is 26.7. The smallest absolute Gasteiger partial charge is 0.136 e. The first-order valence-corrected chi connectivity index (χ1v) is 15.5. The van der Waals surface area contributed by atoms with E-state index in [-0.39, 0.29) is 45.7 Å². The average Bonchev–Trinajstić information content (AvgIpc) is 3.61. The number of hydrogen-bond acceptors (Lipinski definition) is 1. The largest absolute Gasteiger partial charge is 0.456 e. The molecule has 0 saturated heterocycles. The number of para-hydroxylation sites is 1. The summed E-state index contributed by atoms with van der Waals surface area (Å²) in [4.78, 5) is 0. The summed E-state index contributed by atoms with van der Waals surface area (Å²) in [6, 6.07) is 36.2. The molecule has 218 valence electrons. The Bertz CT molecular complexity index is 3230. The summed E-state index contributed by atoms with van der Waals surface area (Å²) in [7, 11) is 0. The predicted molar refractivity (Wildman–Crippen MR) is 200 cm³/mol. The van der Waals surface area contributed by atoms with Crippen LogP contribution in [0.4, 0.5) is 0 Å². The van der Waals surface area contributed by atoms with Crippen LogP contribution in [0.3, 0.4) is 0 Å². The second-order valence-electron chi connectivity index (χ2n) is 11.8. The fourth-order valence-corrected chi connectivity index (χ4v) is 7.30. The van der Waals surface area contributed by atoms with Gasteiger partial charge in [0.05, 0.1) is 11.0 Å². The Labute approximate surface area is 283 Å². The van der Waals surface area contributed by atoms with Gasteiger partial charge in [-0.05, 0) is 94.7 Å². The van der Waals surface area contributed by atoms with Gasteiger partial charge in [-0.25, -0.2) is 0 Å². The lowest BCUT2D eigenvalue weighted by Gasteiger charge is -2.19. The summed E-state index contributed by atoms with van der Waals surface area (Å²) < 4.78 is 79.4. The summed E-state index contributed by atoms with van der Waals surface area (Å²) in [6.07, 6.45) is 0. The van der Waals surface area contributed by atoms with Gasteiger partial charge in [0.25, 0.3) is 0 Å². The molecule has 0 N–H and O–H groups in total. The molecular formula is C46H28O. The molecule has 0 bridgehead atoms. The van der Waals surface area contributed by atoms with E-state index in [0.717, 1.165) is 38.1 Å². The number of rotatable bonds is 3. The zero-order chi connectivity index (χ0) is 37.9. The molecule has 0 unspecified atom stereocenters. The highest BCUT2D eigenvalue weighted by atomic mass is 16.3. The third-order valence-corrected chi connectivity index (χ3v) is 9.30. The molecule has 10 rings (SSSR count). The van der Waals surface area contributed by atoms with Crippen LogP contribution in [-0.4, -0.2) is 0 Å². The molecule has 0 aliphatic rings. The van der Waals surface area contributed by atoms with E-state index in [1.807, 2.05) is 84.9 Å². The highest BCUT2D eigenvalue weighted by Gasteiger charge is 2.20. The van der Waals surface area contributed by atoms with Crippen LogP contribution in [0.5, 0.6) is 0 Å². The quantitative estimate of drug-likeness (QED) is 0.144. The van der Waals surface area contributed by atoms with Crippen LogP contribution in [0.15, 0.2) is 174 Å². The lowest BCUT2D eigenvalue weighted by Crippen LogP contribution is -1.92. The fraction of sp³-hybridized carbons (Fsp3) is 0. The van der Waals surface area contributed by atoms with Gasteiger partial charge in [0.15, 0.2) is 0 Å². The number of benzene rings is 9. The molecule has 1 nitrogen and oxygen atoms in total. The molecule has 0 fully saturated rings. The van der Waals surface area contributed by atoms with Crippen LogP contribution in [0.25, 0.3) is 98.4 Å². The maximum atomic E-state index is 9.44. The van der Waals surface area contributed by atoms with E-state index in [1.54, 1.807) is 6.07 Å². The van der Waals surface area contributed by atoms with Crippen molar-refractivity contribution in [2.24, 2.45) is 0 Å². The van der Waals surface area contributed by atoms with Gasteiger partial charge in [-0.3, -0.25) is 0 Å². The van der Waals surface area contributed by atoms with Gasteiger partial charge in [-0.1, -0.05) is 151 Å². The van der Waals surface area contributed by atoms with Crippen molar-refractivity contribution >= 4 is 65.0 Å². The van der Waals surface area contributed by atoms with Crippen molar-refractivity contribution in [1.29, 1.82) is 0 Å². The number of furan rings is 1. The van der Waals surface area contributed by atoms with E-state index in [1.165, 1.54) is 0 Å². The third kappa shape index (κ3) is 3.90. The Morgan fingerprint density at radius 2 is 0.979 bits per heavy atom. The van der Waals surface area contributed by atoms with Crippen LogP contribution < -0.4 is 0 Å². The van der Waals surface area contributed by atoms with Gasteiger partial charge in [0, 0.05) is 10.8 Å². The van der Waals surface area contributed by atoms with Gasteiger partial charge in [-0.2, -0.15) is 0 Å². The van der Waals surface area contributed by atoms with Crippen LogP contribution in [0.1, 0.15) is 11.0 Å². The molecule has 47 heavy (non-hydrogen) atoms. The summed E-state index contributed by atoms with van der Waals surface area (Å²) >= 11 is 0. The second-order valence-corrected chi connectivity index (χ2v) is 11.8. The van der Waals surface area contributed by atoms with Crippen LogP contribution in [0.2, 0.25) is 0 Å². The van der Waals surface area contributed by atoms with E-state index in [9.17, 15) is 5.48 Å². The van der Waals surface area contributed by atoms with Crippen molar-refractivity contribution in [3.05, 3.63) is 170 Å². The normalized spacial score (nSPS) is 14.2. The molecule has 10 aromatic rings. The second kappa shape index (κ2) is 10.2. The average molecular weight is 605 g/mol. The van der Waals surface area contributed by atoms with E-state index < -0.39 is 24.2 Å². The van der Waals surface area contributed by atoms with Crippen molar-refractivity contribution in [2.75, 3.05) is 0 Å². The molecule has 1 aromatic heterocycles. The van der Waals surface area contributed by atoms with Gasteiger partial charge < -0.3 is 4.42 Å². The van der Waals surface area contributed by atoms with Crippen molar-refractivity contribution in [3.63, 3.8) is 0 Å². The summed E-state index contributed by atoms with van der Waals surface area (Å²) in [5.41, 5.74) is 4.66. The minimum atomic E-state index is -0.439. The zero-order valence-electron chi connectivity index (χ0n) is 33.0. The Morgan fingerprint density at radius 1 is 0.383 bits per heavy atom. The lowest BCUT2D eigenvalue weighted by atomic mass is 9.84. The topological polar surface area (TPSA) is 13.1 Å². The van der Waals surface area contributed by atoms with E-state index in [0.29, 0.717) is 38.8 Å². The standard InChI is InChI=1S/C46H28O/c1-2-15-32-29(12-1)26-27-35-33(21-10-22-34(32)35)30-13-9-14-31(28-30)44-36-16-3-5-18-38(36)45(39-19-6-4-17-37(39)44)41-23-11-25-43-46(41)40-20-7-8-24-42(40)47-43/h1-28H/i3D,4D,5D,6D,16D,17D,18D,19D. The van der Waals surface area contributed by atoms with Gasteiger partial charge in [-0.15, -0.1) is 0 Å². The van der Waals surface area contributed by atoms with Crippen LogP contribution in [-0.2, 0) is 0 Å². The van der Waals surface area contributed by atoms with Crippen molar-refractivity contribution in [3.8, 4) is 33.4 Å². The molecule has 0 atom stereocenters. The highest BCUT2D eigenvalue weighted by molar-refractivity contribution is 6.25. The van der Waals surface area contributed by atoms with Crippen molar-refractivity contribution in [1.82, 2.24) is 0 Å². The molecule has 1 heteroatoms. The monoisotopic (exact) mass is 604 g/mol. The molecule has 0 aliphatic carbocycles.